The van der Waals surface area contributed by atoms with E-state index in [1.165, 1.54) is 6.92 Å². The molecular weight excluding hydrogens is 430 g/mol. The van der Waals surface area contributed by atoms with E-state index in [1.54, 1.807) is 34.6 Å². The quantitative estimate of drug-likeness (QED) is 0.523. The van der Waals surface area contributed by atoms with E-state index in [-0.39, 0.29) is 6.42 Å². The van der Waals surface area contributed by atoms with Crippen LogP contribution in [0.3, 0.4) is 0 Å². The lowest BCUT2D eigenvalue weighted by molar-refractivity contribution is -0.176. The lowest BCUT2D eigenvalue weighted by Gasteiger charge is -2.29. The van der Waals surface area contributed by atoms with Gasteiger partial charge >= 0.3 is 24.0 Å². The van der Waals surface area contributed by atoms with Gasteiger partial charge in [0, 0.05) is 0 Å². The van der Waals surface area contributed by atoms with E-state index in [0.717, 1.165) is 5.56 Å². The highest BCUT2D eigenvalue weighted by Gasteiger charge is 2.42. The van der Waals surface area contributed by atoms with E-state index in [2.05, 4.69) is 5.32 Å². The summed E-state index contributed by atoms with van der Waals surface area (Å²) >= 11 is 0. The van der Waals surface area contributed by atoms with E-state index in [9.17, 15) is 19.2 Å². The lowest BCUT2D eigenvalue weighted by atomic mass is 9.91. The van der Waals surface area contributed by atoms with Crippen LogP contribution in [0.1, 0.15) is 47.1 Å². The minimum absolute atomic E-state index is 0.210. The molecule has 33 heavy (non-hydrogen) atoms. The van der Waals surface area contributed by atoms with Crippen molar-refractivity contribution in [3.05, 3.63) is 35.9 Å². The van der Waals surface area contributed by atoms with Crippen LogP contribution in [0, 0.1) is 11.8 Å². The van der Waals surface area contributed by atoms with Gasteiger partial charge in [0.15, 0.2) is 12.1 Å². The number of amides is 1. The van der Waals surface area contributed by atoms with Crippen LogP contribution in [0.15, 0.2) is 30.3 Å². The molecule has 4 atom stereocenters. The molecular formula is C24H33NO8. The predicted molar refractivity (Wildman–Crippen MR) is 118 cm³/mol. The summed E-state index contributed by atoms with van der Waals surface area (Å²) in [4.78, 5) is 50.4. The molecule has 1 aliphatic heterocycles. The largest absolute Gasteiger partial charge is 0.463 e. The molecule has 1 N–H and O–H groups in total. The van der Waals surface area contributed by atoms with E-state index >= 15 is 0 Å². The minimum Gasteiger partial charge on any atom is -0.463 e. The van der Waals surface area contributed by atoms with Crippen molar-refractivity contribution in [3.8, 4) is 0 Å². The summed E-state index contributed by atoms with van der Waals surface area (Å²) in [6, 6.07) is 7.90. The molecule has 0 spiro atoms. The number of rotatable bonds is 5. The zero-order chi connectivity index (χ0) is 24.8. The number of nitrogens with one attached hydrogen (secondary N) is 1. The maximum absolute atomic E-state index is 13.1. The second-order valence-corrected chi connectivity index (χ2v) is 9.32. The number of benzene rings is 1. The van der Waals surface area contributed by atoms with Crippen LogP contribution >= 0.6 is 0 Å². The Morgan fingerprint density at radius 2 is 1.76 bits per heavy atom. The maximum atomic E-state index is 13.1. The van der Waals surface area contributed by atoms with Gasteiger partial charge in [0.25, 0.3) is 0 Å². The van der Waals surface area contributed by atoms with Gasteiger partial charge in [0.05, 0.1) is 5.92 Å². The first-order valence-corrected chi connectivity index (χ1v) is 11.0. The van der Waals surface area contributed by atoms with Gasteiger partial charge in [-0.3, -0.25) is 9.59 Å². The van der Waals surface area contributed by atoms with Crippen molar-refractivity contribution < 1.29 is 38.1 Å². The molecule has 0 aromatic heterocycles. The third-order valence-electron chi connectivity index (χ3n) is 4.85. The molecule has 1 aromatic carbocycles. The molecule has 0 radical (unpaired) electrons. The van der Waals surface area contributed by atoms with Gasteiger partial charge < -0.3 is 24.3 Å². The second-order valence-electron chi connectivity index (χ2n) is 9.32. The zero-order valence-electron chi connectivity index (χ0n) is 20.0. The molecule has 1 aromatic rings. The van der Waals surface area contributed by atoms with Crippen LogP contribution in [-0.2, 0) is 39.8 Å². The van der Waals surface area contributed by atoms with Gasteiger partial charge in [0.1, 0.15) is 24.2 Å². The molecule has 0 bridgehead atoms. The standard InChI is InChI=1S/C24H33NO8/c1-14(2)20(26)32-19-15(3)31-22(28)18(25-23(29)33-24(4,5)6)13-30-21(27)17(19)12-16-10-8-7-9-11-16/h7-11,14-15,17-19H,12-13H2,1-6H3,(H,25,29). The normalized spacial score (nSPS) is 24.0. The number of hydrogen-bond donors (Lipinski definition) is 1. The van der Waals surface area contributed by atoms with Gasteiger partial charge in [-0.05, 0) is 39.7 Å². The van der Waals surface area contributed by atoms with Crippen LogP contribution in [0.4, 0.5) is 4.79 Å². The summed E-state index contributed by atoms with van der Waals surface area (Å²) in [6.07, 6.45) is -2.68. The summed E-state index contributed by atoms with van der Waals surface area (Å²) in [6.45, 7) is 9.46. The van der Waals surface area contributed by atoms with Crippen LogP contribution in [0.2, 0.25) is 0 Å². The maximum Gasteiger partial charge on any atom is 0.408 e. The molecule has 9 nitrogen and oxygen atoms in total. The monoisotopic (exact) mass is 463 g/mol. The summed E-state index contributed by atoms with van der Waals surface area (Å²) in [5, 5.41) is 2.38. The first-order chi connectivity index (χ1) is 15.4. The Balaban J connectivity index is 2.30. The summed E-state index contributed by atoms with van der Waals surface area (Å²) in [5.74, 6) is -3.39. The molecule has 1 heterocycles. The highest BCUT2D eigenvalue weighted by Crippen LogP contribution is 2.24. The number of carbonyl (C=O) groups excluding carboxylic acids is 4. The highest BCUT2D eigenvalue weighted by molar-refractivity contribution is 5.83. The lowest BCUT2D eigenvalue weighted by Crippen LogP contribution is -2.48. The third-order valence-corrected chi connectivity index (χ3v) is 4.85. The van der Waals surface area contributed by atoms with Gasteiger partial charge in [-0.2, -0.15) is 0 Å². The molecule has 0 saturated carbocycles. The Morgan fingerprint density at radius 1 is 1.12 bits per heavy atom. The topological polar surface area (TPSA) is 117 Å². The van der Waals surface area contributed by atoms with Crippen molar-refractivity contribution in [2.75, 3.05) is 6.61 Å². The van der Waals surface area contributed by atoms with Gasteiger partial charge in [-0.1, -0.05) is 44.2 Å². The second kappa shape index (κ2) is 11.2. The van der Waals surface area contributed by atoms with E-state index < -0.39 is 66.3 Å². The van der Waals surface area contributed by atoms with Crippen LogP contribution in [0.25, 0.3) is 0 Å². The Hall–Kier alpha value is -3.10. The first kappa shape index (κ1) is 26.2. The van der Waals surface area contributed by atoms with Crippen molar-refractivity contribution in [1.82, 2.24) is 5.32 Å². The molecule has 1 saturated heterocycles. The Morgan fingerprint density at radius 3 is 2.33 bits per heavy atom. The summed E-state index contributed by atoms with van der Waals surface area (Å²) in [5.41, 5.74) is 0.0409. The minimum atomic E-state index is -1.27. The van der Waals surface area contributed by atoms with Gasteiger partial charge in [0.2, 0.25) is 0 Å². The molecule has 1 amide bonds. The molecule has 182 valence electrons. The van der Waals surface area contributed by atoms with Crippen molar-refractivity contribution in [2.45, 2.75) is 71.8 Å². The molecule has 9 heteroatoms. The SMILES string of the molecule is CC(C)C(=O)OC1C(C)OC(=O)C(NC(=O)OC(C)(C)C)COC(=O)C1Cc1ccccc1. The average molecular weight is 464 g/mol. The van der Waals surface area contributed by atoms with Crippen molar-refractivity contribution in [3.63, 3.8) is 0 Å². The Kier molecular flexibility index (Phi) is 8.84. The fraction of sp³-hybridized carbons (Fsp3) is 0.583. The average Bonchev–Trinajstić information content (AvgIpc) is 2.74. The highest BCUT2D eigenvalue weighted by atomic mass is 16.6. The molecule has 2 rings (SSSR count). The number of cyclic esters (lactones) is 2. The Bertz CT molecular complexity index is 846. The summed E-state index contributed by atoms with van der Waals surface area (Å²) in [7, 11) is 0. The number of carbonyl (C=O) groups is 4. The fourth-order valence-corrected chi connectivity index (χ4v) is 3.20. The number of esters is 3. The van der Waals surface area contributed by atoms with Gasteiger partial charge in [-0.15, -0.1) is 0 Å². The van der Waals surface area contributed by atoms with E-state index in [4.69, 9.17) is 18.9 Å². The predicted octanol–water partition coefficient (Wildman–Crippen LogP) is 2.79. The van der Waals surface area contributed by atoms with Crippen LogP contribution < -0.4 is 5.32 Å². The number of ether oxygens (including phenoxy) is 4. The number of hydrogen-bond acceptors (Lipinski definition) is 8. The van der Waals surface area contributed by atoms with E-state index in [1.807, 2.05) is 30.3 Å². The fourth-order valence-electron chi connectivity index (χ4n) is 3.20. The third kappa shape index (κ3) is 8.07. The van der Waals surface area contributed by atoms with Gasteiger partial charge in [-0.25, -0.2) is 9.59 Å². The van der Waals surface area contributed by atoms with Crippen molar-refractivity contribution >= 4 is 24.0 Å². The summed E-state index contributed by atoms with van der Waals surface area (Å²) < 4.78 is 21.7. The van der Waals surface area contributed by atoms with Crippen LogP contribution in [-0.4, -0.2) is 54.5 Å². The molecule has 4 unspecified atom stereocenters. The zero-order valence-corrected chi connectivity index (χ0v) is 20.0. The first-order valence-electron chi connectivity index (χ1n) is 11.0. The van der Waals surface area contributed by atoms with Crippen LogP contribution in [0.5, 0.6) is 0 Å². The van der Waals surface area contributed by atoms with E-state index in [0.29, 0.717) is 0 Å². The van der Waals surface area contributed by atoms with Crippen molar-refractivity contribution in [1.29, 1.82) is 0 Å². The Labute approximate surface area is 194 Å². The smallest absolute Gasteiger partial charge is 0.408 e. The molecule has 1 fully saturated rings. The van der Waals surface area contributed by atoms with Crippen molar-refractivity contribution in [2.24, 2.45) is 11.8 Å². The molecule has 0 aliphatic carbocycles. The molecule has 1 aliphatic rings. The number of alkyl carbamates (subject to hydrolysis) is 1.